The number of aliphatic imine (C=N–C) groups is 1. The summed E-state index contributed by atoms with van der Waals surface area (Å²) >= 11 is 3.41. The molecule has 2 aromatic carbocycles. The van der Waals surface area contributed by atoms with Gasteiger partial charge in [-0.1, -0.05) is 48.0 Å². The zero-order valence-corrected chi connectivity index (χ0v) is 19.7. The van der Waals surface area contributed by atoms with Gasteiger partial charge in [-0.3, -0.25) is 9.79 Å². The highest BCUT2D eigenvalue weighted by molar-refractivity contribution is 14.0. The van der Waals surface area contributed by atoms with Crippen LogP contribution in [0, 0.1) is 6.92 Å². The molecule has 27 heavy (non-hydrogen) atoms. The lowest BCUT2D eigenvalue weighted by molar-refractivity contribution is -0.116. The summed E-state index contributed by atoms with van der Waals surface area (Å²) in [7, 11) is 0. The van der Waals surface area contributed by atoms with Crippen LogP contribution in [0.2, 0.25) is 0 Å². The molecular weight excluding hydrogens is 519 g/mol. The molecule has 0 aliphatic carbocycles. The number of guanidine groups is 1. The number of carbonyl (C=O) groups is 1. The van der Waals surface area contributed by atoms with Crippen LogP contribution in [-0.4, -0.2) is 18.4 Å². The Labute approximate surface area is 186 Å². The molecule has 2 rings (SSSR count). The van der Waals surface area contributed by atoms with Gasteiger partial charge in [0.15, 0.2) is 5.96 Å². The molecule has 5 nitrogen and oxygen atoms in total. The minimum Gasteiger partial charge on any atom is -0.370 e. The fourth-order valence-corrected chi connectivity index (χ4v) is 2.74. The number of benzene rings is 2. The second-order valence-corrected chi connectivity index (χ2v) is 7.35. The summed E-state index contributed by atoms with van der Waals surface area (Å²) in [5, 5.41) is 5.96. The van der Waals surface area contributed by atoms with Gasteiger partial charge in [0.25, 0.3) is 0 Å². The Kier molecular flexibility index (Phi) is 9.79. The Morgan fingerprint density at radius 1 is 1.19 bits per heavy atom. The lowest BCUT2D eigenvalue weighted by Crippen LogP contribution is -2.23. The molecule has 0 aliphatic heterocycles. The van der Waals surface area contributed by atoms with Crippen LogP contribution in [0.5, 0.6) is 0 Å². The van der Waals surface area contributed by atoms with E-state index in [0.29, 0.717) is 18.4 Å². The van der Waals surface area contributed by atoms with Crippen LogP contribution < -0.4 is 16.4 Å². The quantitative estimate of drug-likeness (QED) is 0.264. The lowest BCUT2D eigenvalue weighted by atomic mass is 10.0. The number of anilines is 2. The highest BCUT2D eigenvalue weighted by Crippen LogP contribution is 2.21. The number of hydrogen-bond donors (Lipinski definition) is 3. The second-order valence-electron chi connectivity index (χ2n) is 6.43. The number of nitrogens with two attached hydrogens (primary N) is 1. The smallest absolute Gasteiger partial charge is 0.226 e. The number of carbonyl (C=O) groups excluding carboxylic acids is 1. The third-order valence-corrected chi connectivity index (χ3v) is 4.41. The van der Waals surface area contributed by atoms with Crippen LogP contribution in [-0.2, 0) is 4.79 Å². The first-order valence-electron chi connectivity index (χ1n) is 8.58. The molecule has 2 aromatic rings. The summed E-state index contributed by atoms with van der Waals surface area (Å²) in [4.78, 5) is 16.3. The maximum absolute atomic E-state index is 12.1. The van der Waals surface area contributed by atoms with E-state index in [9.17, 15) is 4.79 Å². The SMILES string of the molecule is Cc1ccc(Br)cc1NC(=O)CCN=C(N)Nc1cccc(C(C)C)c1.I. The zero-order valence-electron chi connectivity index (χ0n) is 15.8. The van der Waals surface area contributed by atoms with Crippen LogP contribution in [0.25, 0.3) is 0 Å². The normalized spacial score (nSPS) is 11.1. The van der Waals surface area contributed by atoms with Crippen LogP contribution in [0.1, 0.15) is 37.3 Å². The first-order valence-corrected chi connectivity index (χ1v) is 9.37. The Hall–Kier alpha value is -1.61. The van der Waals surface area contributed by atoms with Gasteiger partial charge < -0.3 is 16.4 Å². The molecule has 0 saturated heterocycles. The highest BCUT2D eigenvalue weighted by Gasteiger charge is 2.06. The van der Waals surface area contributed by atoms with Crippen molar-refractivity contribution in [2.45, 2.75) is 33.1 Å². The molecule has 0 spiro atoms. The third-order valence-electron chi connectivity index (χ3n) is 3.92. The van der Waals surface area contributed by atoms with E-state index >= 15 is 0 Å². The zero-order chi connectivity index (χ0) is 19.1. The molecule has 4 N–H and O–H groups in total. The number of hydrogen-bond acceptors (Lipinski definition) is 2. The molecule has 0 aromatic heterocycles. The Balaban J connectivity index is 0.00000364. The molecule has 0 atom stereocenters. The number of rotatable bonds is 6. The fraction of sp³-hybridized carbons (Fsp3) is 0.300. The molecule has 146 valence electrons. The molecular formula is C20H26BrIN4O. The van der Waals surface area contributed by atoms with Gasteiger partial charge in [0.2, 0.25) is 5.91 Å². The van der Waals surface area contributed by atoms with Gasteiger partial charge in [0.05, 0.1) is 6.54 Å². The summed E-state index contributed by atoms with van der Waals surface area (Å²) in [6.45, 7) is 6.55. The van der Waals surface area contributed by atoms with Crippen molar-refractivity contribution in [1.29, 1.82) is 0 Å². The molecule has 1 amide bonds. The third kappa shape index (κ3) is 7.88. The highest BCUT2D eigenvalue weighted by atomic mass is 127. The van der Waals surface area contributed by atoms with E-state index in [0.717, 1.165) is 21.4 Å². The van der Waals surface area contributed by atoms with Crippen molar-refractivity contribution in [3.05, 3.63) is 58.1 Å². The lowest BCUT2D eigenvalue weighted by Gasteiger charge is -2.10. The Bertz CT molecular complexity index is 808. The molecule has 0 saturated carbocycles. The number of halogens is 2. The maximum Gasteiger partial charge on any atom is 0.226 e. The van der Waals surface area contributed by atoms with E-state index in [1.54, 1.807) is 0 Å². The number of amides is 1. The minimum absolute atomic E-state index is 0. The number of nitrogens with zero attached hydrogens (tertiary/aromatic N) is 1. The van der Waals surface area contributed by atoms with Crippen LogP contribution in [0.3, 0.4) is 0 Å². The average Bonchev–Trinajstić information content (AvgIpc) is 2.58. The fourth-order valence-electron chi connectivity index (χ4n) is 2.38. The molecule has 0 radical (unpaired) electrons. The Morgan fingerprint density at radius 3 is 2.63 bits per heavy atom. The molecule has 0 bridgehead atoms. The van der Waals surface area contributed by atoms with Gasteiger partial charge in [0.1, 0.15) is 0 Å². The summed E-state index contributed by atoms with van der Waals surface area (Å²) in [6, 6.07) is 13.8. The van der Waals surface area contributed by atoms with Crippen LogP contribution in [0.4, 0.5) is 11.4 Å². The van der Waals surface area contributed by atoms with E-state index in [4.69, 9.17) is 5.73 Å². The monoisotopic (exact) mass is 544 g/mol. The molecule has 0 aliphatic rings. The molecule has 0 fully saturated rings. The van der Waals surface area contributed by atoms with Gasteiger partial charge in [-0.15, -0.1) is 24.0 Å². The van der Waals surface area contributed by atoms with E-state index < -0.39 is 0 Å². The van der Waals surface area contributed by atoms with Crippen LogP contribution >= 0.6 is 39.9 Å². The van der Waals surface area contributed by atoms with E-state index in [-0.39, 0.29) is 36.3 Å². The molecule has 0 heterocycles. The number of nitrogens with one attached hydrogen (secondary N) is 2. The van der Waals surface area contributed by atoms with Crippen molar-refractivity contribution in [3.63, 3.8) is 0 Å². The predicted octanol–water partition coefficient (Wildman–Crippen LogP) is 5.25. The van der Waals surface area contributed by atoms with E-state index in [2.05, 4.69) is 57.5 Å². The predicted molar refractivity (Wildman–Crippen MR) is 128 cm³/mol. The van der Waals surface area contributed by atoms with Crippen LogP contribution in [0.15, 0.2) is 51.9 Å². The minimum atomic E-state index is -0.0930. The number of aryl methyl sites for hydroxylation is 1. The van der Waals surface area contributed by atoms with Crippen molar-refractivity contribution in [2.24, 2.45) is 10.7 Å². The van der Waals surface area contributed by atoms with Gasteiger partial charge in [-0.05, 0) is 48.2 Å². The standard InChI is InChI=1S/C20H25BrN4O.HI/c1-13(2)15-5-4-6-17(11-15)24-20(22)23-10-9-19(26)25-18-12-16(21)8-7-14(18)3;/h4-8,11-13H,9-10H2,1-3H3,(H,25,26)(H3,22,23,24);1H. The van der Waals surface area contributed by atoms with Gasteiger partial charge in [-0.2, -0.15) is 0 Å². The summed E-state index contributed by atoms with van der Waals surface area (Å²) < 4.78 is 0.925. The van der Waals surface area contributed by atoms with Crippen molar-refractivity contribution >= 4 is 63.1 Å². The van der Waals surface area contributed by atoms with Gasteiger partial charge in [0, 0.05) is 22.3 Å². The van der Waals surface area contributed by atoms with Crippen molar-refractivity contribution < 1.29 is 4.79 Å². The van der Waals surface area contributed by atoms with Gasteiger partial charge in [-0.25, -0.2) is 0 Å². The molecule has 0 unspecified atom stereocenters. The summed E-state index contributed by atoms with van der Waals surface area (Å²) in [5.74, 6) is 0.655. The summed E-state index contributed by atoms with van der Waals surface area (Å²) in [6.07, 6.45) is 0.264. The second kappa shape index (κ2) is 11.3. The van der Waals surface area contributed by atoms with Crippen molar-refractivity contribution in [2.75, 3.05) is 17.2 Å². The van der Waals surface area contributed by atoms with Gasteiger partial charge >= 0.3 is 0 Å². The van der Waals surface area contributed by atoms with E-state index in [1.165, 1.54) is 5.56 Å². The Morgan fingerprint density at radius 2 is 1.93 bits per heavy atom. The first-order chi connectivity index (χ1) is 12.3. The largest absolute Gasteiger partial charge is 0.370 e. The first kappa shape index (κ1) is 23.4. The summed E-state index contributed by atoms with van der Waals surface area (Å²) in [5.41, 5.74) is 9.85. The molecule has 7 heteroatoms. The van der Waals surface area contributed by atoms with Crippen molar-refractivity contribution in [3.8, 4) is 0 Å². The average molecular weight is 545 g/mol. The van der Waals surface area contributed by atoms with Crippen molar-refractivity contribution in [1.82, 2.24) is 0 Å². The van der Waals surface area contributed by atoms with E-state index in [1.807, 2.05) is 37.3 Å². The topological polar surface area (TPSA) is 79.5 Å². The maximum atomic E-state index is 12.1.